The lowest BCUT2D eigenvalue weighted by Crippen LogP contribution is -2.24. The molecule has 1 aromatic rings. The SMILES string of the molecule is CCOc1cc(NC(C2CC2)C2CC2)c(N)cc1F. The first-order chi connectivity index (χ1) is 9.19. The van der Waals surface area contributed by atoms with E-state index in [4.69, 9.17) is 10.5 Å². The average Bonchev–Trinajstić information content (AvgIpc) is 3.25. The van der Waals surface area contributed by atoms with Crippen LogP contribution in [0.5, 0.6) is 5.75 Å². The molecule has 0 radical (unpaired) electrons. The van der Waals surface area contributed by atoms with Crippen molar-refractivity contribution < 1.29 is 9.13 Å². The molecule has 0 amide bonds. The summed E-state index contributed by atoms with van der Waals surface area (Å²) in [6.07, 6.45) is 5.20. The first kappa shape index (κ1) is 12.6. The maximum atomic E-state index is 13.7. The minimum absolute atomic E-state index is 0.282. The van der Waals surface area contributed by atoms with Crippen LogP contribution >= 0.6 is 0 Å². The summed E-state index contributed by atoms with van der Waals surface area (Å²) in [5, 5.41) is 3.53. The predicted octanol–water partition coefficient (Wildman–Crippen LogP) is 3.41. The van der Waals surface area contributed by atoms with E-state index < -0.39 is 0 Å². The van der Waals surface area contributed by atoms with Crippen LogP contribution in [-0.4, -0.2) is 12.6 Å². The summed E-state index contributed by atoms with van der Waals surface area (Å²) in [6, 6.07) is 3.55. The molecule has 0 heterocycles. The molecule has 0 spiro atoms. The summed E-state index contributed by atoms with van der Waals surface area (Å²) < 4.78 is 19.0. The zero-order chi connectivity index (χ0) is 13.4. The van der Waals surface area contributed by atoms with E-state index in [9.17, 15) is 4.39 Å². The molecule has 2 fully saturated rings. The summed E-state index contributed by atoms with van der Waals surface area (Å²) in [7, 11) is 0. The van der Waals surface area contributed by atoms with E-state index in [1.54, 1.807) is 6.07 Å². The largest absolute Gasteiger partial charge is 0.491 e. The Balaban J connectivity index is 1.80. The molecule has 0 unspecified atom stereocenters. The van der Waals surface area contributed by atoms with Gasteiger partial charge in [0.05, 0.1) is 18.0 Å². The highest BCUT2D eigenvalue weighted by Crippen LogP contribution is 2.46. The molecule has 104 valence electrons. The van der Waals surface area contributed by atoms with Gasteiger partial charge in [0.1, 0.15) is 0 Å². The Labute approximate surface area is 113 Å². The van der Waals surface area contributed by atoms with Gasteiger partial charge in [-0.25, -0.2) is 4.39 Å². The van der Waals surface area contributed by atoms with Gasteiger partial charge in [0.2, 0.25) is 0 Å². The lowest BCUT2D eigenvalue weighted by molar-refractivity contribution is 0.322. The van der Waals surface area contributed by atoms with Gasteiger partial charge in [-0.05, 0) is 44.4 Å². The summed E-state index contributed by atoms with van der Waals surface area (Å²) in [5.41, 5.74) is 7.20. The highest BCUT2D eigenvalue weighted by molar-refractivity contribution is 5.69. The Morgan fingerprint density at radius 3 is 2.47 bits per heavy atom. The molecule has 3 nitrogen and oxygen atoms in total. The Kier molecular flexibility index (Phi) is 3.25. The number of hydrogen-bond acceptors (Lipinski definition) is 3. The second-order valence-corrected chi connectivity index (χ2v) is 5.65. The molecule has 0 aliphatic heterocycles. The summed E-state index contributed by atoms with van der Waals surface area (Å²) in [5.74, 6) is 1.43. The minimum Gasteiger partial charge on any atom is -0.491 e. The fraction of sp³-hybridized carbons (Fsp3) is 0.600. The van der Waals surface area contributed by atoms with E-state index in [2.05, 4.69) is 5.32 Å². The third-order valence-electron chi connectivity index (χ3n) is 3.99. The number of nitrogen functional groups attached to an aromatic ring is 1. The number of anilines is 2. The predicted molar refractivity (Wildman–Crippen MR) is 74.8 cm³/mol. The highest BCUT2D eigenvalue weighted by atomic mass is 19.1. The van der Waals surface area contributed by atoms with Gasteiger partial charge in [-0.2, -0.15) is 0 Å². The third-order valence-corrected chi connectivity index (χ3v) is 3.99. The Morgan fingerprint density at radius 1 is 1.32 bits per heavy atom. The Hall–Kier alpha value is -1.45. The lowest BCUT2D eigenvalue weighted by atomic mass is 10.1. The Morgan fingerprint density at radius 2 is 1.95 bits per heavy atom. The standard InChI is InChI=1S/C15H21FN2O/c1-2-19-14-8-13(12(17)7-11(14)16)18-15(9-3-4-9)10-5-6-10/h7-10,15,18H,2-6,17H2,1H3. The normalized spacial score (nSPS) is 18.7. The first-order valence-corrected chi connectivity index (χ1v) is 7.17. The monoisotopic (exact) mass is 264 g/mol. The molecule has 4 heteroatoms. The van der Waals surface area contributed by atoms with Crippen LogP contribution in [0.2, 0.25) is 0 Å². The first-order valence-electron chi connectivity index (χ1n) is 7.17. The molecular formula is C15H21FN2O. The molecule has 0 aromatic heterocycles. The van der Waals surface area contributed by atoms with Crippen LogP contribution in [0.4, 0.5) is 15.8 Å². The number of hydrogen-bond donors (Lipinski definition) is 2. The van der Waals surface area contributed by atoms with E-state index in [1.807, 2.05) is 6.92 Å². The summed E-state index contributed by atoms with van der Waals surface area (Å²) in [6.45, 7) is 2.30. The number of benzene rings is 1. The van der Waals surface area contributed by atoms with E-state index in [0.717, 1.165) is 17.5 Å². The van der Waals surface area contributed by atoms with Gasteiger partial charge in [0.25, 0.3) is 0 Å². The van der Waals surface area contributed by atoms with E-state index in [1.165, 1.54) is 31.7 Å². The van der Waals surface area contributed by atoms with Gasteiger partial charge < -0.3 is 15.8 Å². The van der Waals surface area contributed by atoms with Gasteiger partial charge in [-0.1, -0.05) is 0 Å². The van der Waals surface area contributed by atoms with Crippen molar-refractivity contribution >= 4 is 11.4 Å². The van der Waals surface area contributed by atoms with Crippen LogP contribution in [0.15, 0.2) is 12.1 Å². The molecule has 3 rings (SSSR count). The number of nitrogens with two attached hydrogens (primary N) is 1. The molecule has 2 aliphatic rings. The summed E-state index contributed by atoms with van der Waals surface area (Å²) >= 11 is 0. The molecule has 19 heavy (non-hydrogen) atoms. The van der Waals surface area contributed by atoms with Crippen LogP contribution in [0.1, 0.15) is 32.6 Å². The zero-order valence-electron chi connectivity index (χ0n) is 11.3. The van der Waals surface area contributed by atoms with Gasteiger partial charge in [0, 0.05) is 18.2 Å². The van der Waals surface area contributed by atoms with E-state index in [0.29, 0.717) is 18.3 Å². The van der Waals surface area contributed by atoms with Crippen molar-refractivity contribution in [3.63, 3.8) is 0 Å². The second-order valence-electron chi connectivity index (χ2n) is 5.65. The molecule has 0 bridgehead atoms. The molecule has 2 saturated carbocycles. The topological polar surface area (TPSA) is 47.3 Å². The highest BCUT2D eigenvalue weighted by Gasteiger charge is 2.41. The lowest BCUT2D eigenvalue weighted by Gasteiger charge is -2.21. The van der Waals surface area contributed by atoms with Gasteiger partial charge in [-0.3, -0.25) is 0 Å². The fourth-order valence-electron chi connectivity index (χ4n) is 2.67. The van der Waals surface area contributed by atoms with Crippen molar-refractivity contribution in [2.45, 2.75) is 38.6 Å². The van der Waals surface area contributed by atoms with Crippen molar-refractivity contribution in [2.75, 3.05) is 17.7 Å². The van der Waals surface area contributed by atoms with Crippen molar-refractivity contribution in [1.82, 2.24) is 0 Å². The summed E-state index contributed by atoms with van der Waals surface area (Å²) in [4.78, 5) is 0. The molecule has 1 aromatic carbocycles. The molecule has 2 aliphatic carbocycles. The molecular weight excluding hydrogens is 243 g/mol. The maximum Gasteiger partial charge on any atom is 0.167 e. The zero-order valence-corrected chi connectivity index (χ0v) is 11.3. The van der Waals surface area contributed by atoms with Gasteiger partial charge in [-0.15, -0.1) is 0 Å². The Bertz CT molecular complexity index is 457. The number of ether oxygens (including phenoxy) is 1. The van der Waals surface area contributed by atoms with Gasteiger partial charge in [0.15, 0.2) is 11.6 Å². The van der Waals surface area contributed by atoms with Crippen LogP contribution in [-0.2, 0) is 0 Å². The maximum absolute atomic E-state index is 13.7. The fourth-order valence-corrected chi connectivity index (χ4v) is 2.67. The van der Waals surface area contributed by atoms with Crippen molar-refractivity contribution in [2.24, 2.45) is 11.8 Å². The molecule has 3 N–H and O–H groups in total. The molecule has 0 saturated heterocycles. The second kappa shape index (κ2) is 4.91. The van der Waals surface area contributed by atoms with Crippen LogP contribution in [0.3, 0.4) is 0 Å². The van der Waals surface area contributed by atoms with Crippen molar-refractivity contribution in [3.8, 4) is 5.75 Å². The van der Waals surface area contributed by atoms with Crippen LogP contribution in [0.25, 0.3) is 0 Å². The third kappa shape index (κ3) is 2.77. The van der Waals surface area contributed by atoms with E-state index in [-0.39, 0.29) is 11.6 Å². The molecule has 0 atom stereocenters. The number of halogens is 1. The van der Waals surface area contributed by atoms with Crippen LogP contribution < -0.4 is 15.8 Å². The van der Waals surface area contributed by atoms with Crippen LogP contribution in [0, 0.1) is 17.7 Å². The van der Waals surface area contributed by atoms with Crippen molar-refractivity contribution in [3.05, 3.63) is 17.9 Å². The smallest absolute Gasteiger partial charge is 0.167 e. The van der Waals surface area contributed by atoms with Gasteiger partial charge >= 0.3 is 0 Å². The number of nitrogens with one attached hydrogen (secondary N) is 1. The quantitative estimate of drug-likeness (QED) is 0.774. The van der Waals surface area contributed by atoms with Crippen molar-refractivity contribution in [1.29, 1.82) is 0 Å². The number of rotatable bonds is 6. The van der Waals surface area contributed by atoms with E-state index >= 15 is 0 Å². The minimum atomic E-state index is -0.390. The average molecular weight is 264 g/mol.